The van der Waals surface area contributed by atoms with Crippen molar-refractivity contribution >= 4 is 45.3 Å². The van der Waals surface area contributed by atoms with E-state index in [4.69, 9.17) is 10.2 Å². The number of carbonyl (C=O) groups excluding carboxylic acids is 2. The average Bonchev–Trinajstić information content (AvgIpc) is 3.21. The number of nitrogens with one attached hydrogen (secondary N) is 1. The number of fused-ring (bicyclic) bond motifs is 3. The van der Waals surface area contributed by atoms with Gasteiger partial charge in [-0.1, -0.05) is 24.3 Å². The maximum atomic E-state index is 12.9. The first kappa shape index (κ1) is 20.7. The van der Waals surface area contributed by atoms with Crippen molar-refractivity contribution in [1.29, 1.82) is 0 Å². The number of benzene rings is 2. The Morgan fingerprint density at radius 3 is 2.61 bits per heavy atom. The summed E-state index contributed by atoms with van der Waals surface area (Å²) in [6, 6.07) is 14.8. The molecule has 1 aliphatic rings. The number of anilines is 2. The maximum Gasteiger partial charge on any atom is 0.297 e. The van der Waals surface area contributed by atoms with Gasteiger partial charge in [0.05, 0.1) is 17.7 Å². The number of amides is 2. The van der Waals surface area contributed by atoms with Gasteiger partial charge in [0.1, 0.15) is 17.6 Å². The van der Waals surface area contributed by atoms with Crippen LogP contribution >= 0.6 is 0 Å². The zero-order valence-electron chi connectivity index (χ0n) is 17.9. The van der Waals surface area contributed by atoms with Crippen molar-refractivity contribution in [2.45, 2.75) is 19.4 Å². The van der Waals surface area contributed by atoms with Crippen LogP contribution in [0.4, 0.5) is 11.4 Å². The molecule has 3 N–H and O–H groups in total. The molecule has 0 spiro atoms. The molecule has 2 aromatic heterocycles. The normalized spacial score (nSPS) is 14.6. The van der Waals surface area contributed by atoms with Crippen LogP contribution in [0.1, 0.15) is 12.8 Å². The van der Waals surface area contributed by atoms with Gasteiger partial charge in [0.15, 0.2) is 0 Å². The molecular formula is C24H23N5O4. The van der Waals surface area contributed by atoms with E-state index >= 15 is 0 Å². The van der Waals surface area contributed by atoms with Gasteiger partial charge in [0.25, 0.3) is 5.56 Å². The number of carbonyl (C=O) groups is 2. The number of nitrogens with two attached hydrogens (primary N) is 1. The summed E-state index contributed by atoms with van der Waals surface area (Å²) < 4.78 is 6.92. The summed E-state index contributed by atoms with van der Waals surface area (Å²) in [5.41, 5.74) is 7.73. The lowest BCUT2D eigenvalue weighted by molar-refractivity contribution is -0.122. The highest BCUT2D eigenvalue weighted by atomic mass is 16.3. The summed E-state index contributed by atoms with van der Waals surface area (Å²) in [5.74, 6) is -0.735. The van der Waals surface area contributed by atoms with Crippen LogP contribution in [0.3, 0.4) is 0 Å². The highest BCUT2D eigenvalue weighted by molar-refractivity contribution is 6.02. The fourth-order valence-electron chi connectivity index (χ4n) is 4.33. The van der Waals surface area contributed by atoms with Gasteiger partial charge in [-0.25, -0.2) is 4.98 Å². The quantitative estimate of drug-likeness (QED) is 0.486. The van der Waals surface area contributed by atoms with Crippen molar-refractivity contribution in [3.8, 4) is 0 Å². The minimum Gasteiger partial charge on any atom is -0.448 e. The molecule has 1 fully saturated rings. The lowest BCUT2D eigenvalue weighted by atomic mass is 9.96. The van der Waals surface area contributed by atoms with Crippen molar-refractivity contribution in [2.75, 3.05) is 23.3 Å². The molecule has 33 heavy (non-hydrogen) atoms. The van der Waals surface area contributed by atoms with Crippen LogP contribution in [0.15, 0.2) is 64.1 Å². The van der Waals surface area contributed by atoms with Crippen LogP contribution < -0.4 is 21.5 Å². The number of hydrogen-bond donors (Lipinski definition) is 2. The summed E-state index contributed by atoms with van der Waals surface area (Å²) >= 11 is 0. The standard InChI is InChI=1S/C24H23N5O4/c25-23(31)15-9-11-28(12-10-15)18-7-3-2-6-17(18)27-20(30)13-29-14-26-21-16-5-1-4-8-19(16)33-22(21)24(29)32/h1-8,14-15H,9-13H2,(H2,25,31)(H,27,30). The Morgan fingerprint density at radius 1 is 1.09 bits per heavy atom. The third-order valence-electron chi connectivity index (χ3n) is 6.08. The van der Waals surface area contributed by atoms with Crippen molar-refractivity contribution < 1.29 is 14.0 Å². The van der Waals surface area contributed by atoms with Crippen molar-refractivity contribution in [3.05, 3.63) is 65.2 Å². The predicted octanol–water partition coefficient (Wildman–Crippen LogP) is 2.48. The number of aromatic nitrogens is 2. The molecule has 3 heterocycles. The summed E-state index contributed by atoms with van der Waals surface area (Å²) in [6.45, 7) is 1.15. The zero-order chi connectivity index (χ0) is 22.9. The van der Waals surface area contributed by atoms with E-state index < -0.39 is 5.56 Å². The zero-order valence-corrected chi connectivity index (χ0v) is 17.9. The number of furan rings is 1. The Labute approximate surface area is 188 Å². The second-order valence-electron chi connectivity index (χ2n) is 8.18. The predicted molar refractivity (Wildman–Crippen MR) is 125 cm³/mol. The van der Waals surface area contributed by atoms with E-state index in [0.717, 1.165) is 11.1 Å². The van der Waals surface area contributed by atoms with Crippen LogP contribution in [-0.2, 0) is 16.1 Å². The number of rotatable bonds is 5. The molecule has 9 heteroatoms. The third-order valence-corrected chi connectivity index (χ3v) is 6.08. The molecule has 168 valence electrons. The first-order valence-electron chi connectivity index (χ1n) is 10.8. The van der Waals surface area contributed by atoms with Gasteiger partial charge in [-0.3, -0.25) is 19.0 Å². The van der Waals surface area contributed by atoms with Gasteiger partial charge >= 0.3 is 0 Å². The Bertz CT molecular complexity index is 1420. The summed E-state index contributed by atoms with van der Waals surface area (Å²) in [5, 5.41) is 3.66. The molecule has 0 radical (unpaired) electrons. The van der Waals surface area contributed by atoms with Gasteiger partial charge in [-0.2, -0.15) is 0 Å². The lowest BCUT2D eigenvalue weighted by Crippen LogP contribution is -2.39. The molecule has 2 amide bonds. The molecule has 9 nitrogen and oxygen atoms in total. The van der Waals surface area contributed by atoms with Crippen LogP contribution in [0.25, 0.3) is 22.1 Å². The van der Waals surface area contributed by atoms with E-state index in [1.807, 2.05) is 42.5 Å². The Hall–Kier alpha value is -4.14. The van der Waals surface area contributed by atoms with Gasteiger partial charge in [0, 0.05) is 24.4 Å². The molecule has 0 aliphatic carbocycles. The second-order valence-corrected chi connectivity index (χ2v) is 8.18. The van der Waals surface area contributed by atoms with Crippen LogP contribution in [0, 0.1) is 5.92 Å². The van der Waals surface area contributed by atoms with Crippen LogP contribution in [0.5, 0.6) is 0 Å². The molecule has 0 bridgehead atoms. The monoisotopic (exact) mass is 445 g/mol. The highest BCUT2D eigenvalue weighted by Crippen LogP contribution is 2.30. The van der Waals surface area contributed by atoms with Gasteiger partial charge < -0.3 is 20.4 Å². The number of hydrogen-bond acceptors (Lipinski definition) is 6. The summed E-state index contributed by atoms with van der Waals surface area (Å²) in [4.78, 5) is 43.6. The van der Waals surface area contributed by atoms with E-state index in [2.05, 4.69) is 15.2 Å². The first-order chi connectivity index (χ1) is 16.0. The lowest BCUT2D eigenvalue weighted by Gasteiger charge is -2.33. The van der Waals surface area contributed by atoms with E-state index in [9.17, 15) is 14.4 Å². The average molecular weight is 445 g/mol. The minimum absolute atomic E-state index is 0.115. The van der Waals surface area contributed by atoms with Crippen LogP contribution in [0.2, 0.25) is 0 Å². The Morgan fingerprint density at radius 2 is 1.82 bits per heavy atom. The third kappa shape index (κ3) is 3.93. The summed E-state index contributed by atoms with van der Waals surface area (Å²) in [7, 11) is 0. The van der Waals surface area contributed by atoms with Crippen molar-refractivity contribution in [3.63, 3.8) is 0 Å². The van der Waals surface area contributed by atoms with Gasteiger partial charge in [-0.15, -0.1) is 0 Å². The molecular weight excluding hydrogens is 422 g/mol. The fourth-order valence-corrected chi connectivity index (χ4v) is 4.33. The molecule has 1 aliphatic heterocycles. The van der Waals surface area contributed by atoms with E-state index in [1.165, 1.54) is 10.9 Å². The van der Waals surface area contributed by atoms with E-state index in [-0.39, 0.29) is 29.9 Å². The number of piperidine rings is 1. The van der Waals surface area contributed by atoms with Gasteiger partial charge in [0.2, 0.25) is 17.4 Å². The number of primary amides is 1. The smallest absolute Gasteiger partial charge is 0.297 e. The van der Waals surface area contributed by atoms with E-state index in [1.54, 1.807) is 6.07 Å². The first-order valence-corrected chi connectivity index (χ1v) is 10.8. The minimum atomic E-state index is -0.409. The maximum absolute atomic E-state index is 12.9. The van der Waals surface area contributed by atoms with Crippen molar-refractivity contribution in [2.24, 2.45) is 11.7 Å². The molecule has 0 unspecified atom stereocenters. The molecule has 2 aromatic carbocycles. The van der Waals surface area contributed by atoms with Crippen LogP contribution in [-0.4, -0.2) is 34.5 Å². The Kier molecular flexibility index (Phi) is 5.29. The molecule has 1 saturated heterocycles. The molecule has 4 aromatic rings. The second kappa shape index (κ2) is 8.42. The largest absolute Gasteiger partial charge is 0.448 e. The van der Waals surface area contributed by atoms with E-state index in [0.29, 0.717) is 42.7 Å². The van der Waals surface area contributed by atoms with Gasteiger partial charge in [-0.05, 0) is 37.1 Å². The molecule has 5 rings (SSSR count). The molecule has 0 atom stereocenters. The topological polar surface area (TPSA) is 123 Å². The Balaban J connectivity index is 1.34. The fraction of sp³-hybridized carbons (Fsp3) is 0.250. The highest BCUT2D eigenvalue weighted by Gasteiger charge is 2.24. The number of para-hydroxylation sites is 3. The van der Waals surface area contributed by atoms with Crippen molar-refractivity contribution in [1.82, 2.24) is 9.55 Å². The molecule has 0 saturated carbocycles. The SMILES string of the molecule is NC(=O)C1CCN(c2ccccc2NC(=O)Cn2cnc3c(oc4ccccc43)c2=O)CC1. The summed E-state index contributed by atoms with van der Waals surface area (Å²) in [6.07, 6.45) is 2.72. The number of nitrogens with zero attached hydrogens (tertiary/aromatic N) is 3.